The van der Waals surface area contributed by atoms with E-state index in [9.17, 15) is 0 Å². The van der Waals surface area contributed by atoms with Crippen LogP contribution in [0.3, 0.4) is 0 Å². The van der Waals surface area contributed by atoms with Crippen LogP contribution in [-0.2, 0) is 0 Å². The Balaban J connectivity index is 2.40. The van der Waals surface area contributed by atoms with E-state index in [1.54, 1.807) is 0 Å². The number of hydrogen-bond donors (Lipinski definition) is 1. The fraction of sp³-hybridized carbons (Fsp3) is 0.200. The number of hydrogen-bond acceptors (Lipinski definition) is 0. The molecule has 0 aliphatic carbocycles. The van der Waals surface area contributed by atoms with E-state index in [-0.39, 0.29) is 0 Å². The molecule has 0 aliphatic rings. The van der Waals surface area contributed by atoms with Gasteiger partial charge in [0.05, 0.1) is 6.04 Å². The van der Waals surface area contributed by atoms with Crippen LogP contribution in [0, 0.1) is 0 Å². The Morgan fingerprint density at radius 3 is 1.38 bits per heavy atom. The van der Waals surface area contributed by atoms with E-state index in [4.69, 9.17) is 0 Å². The van der Waals surface area contributed by atoms with Gasteiger partial charge in [0, 0.05) is 0 Å². The first-order chi connectivity index (χ1) is 7.79. The Morgan fingerprint density at radius 1 is 0.688 bits per heavy atom. The van der Waals surface area contributed by atoms with Crippen LogP contribution in [0.25, 0.3) is 0 Å². The Bertz CT molecular complexity index is 380. The first-order valence-corrected chi connectivity index (χ1v) is 5.76. The second kappa shape index (κ2) is 4.95. The van der Waals surface area contributed by atoms with E-state index >= 15 is 0 Å². The van der Waals surface area contributed by atoms with Gasteiger partial charge in [-0.15, -0.1) is 0 Å². The van der Waals surface area contributed by atoms with Crippen LogP contribution in [0.1, 0.15) is 13.8 Å². The zero-order chi connectivity index (χ0) is 11.4. The van der Waals surface area contributed by atoms with Gasteiger partial charge in [-0.05, 0) is 38.1 Å². The molecule has 1 nitrogen and oxygen atoms in total. The highest BCUT2D eigenvalue weighted by molar-refractivity contribution is 5.37. The Labute approximate surface area is 97.3 Å². The lowest BCUT2D eigenvalue weighted by Gasteiger charge is -2.22. The van der Waals surface area contributed by atoms with Crippen LogP contribution >= 0.6 is 0 Å². The van der Waals surface area contributed by atoms with Crippen molar-refractivity contribution < 1.29 is 4.90 Å². The van der Waals surface area contributed by atoms with Crippen molar-refractivity contribution in [1.82, 2.24) is 0 Å². The molecule has 2 rings (SSSR count). The predicted molar refractivity (Wildman–Crippen MR) is 68.3 cm³/mol. The maximum absolute atomic E-state index is 2.25. The predicted octanol–water partition coefficient (Wildman–Crippen LogP) is 2.94. The van der Waals surface area contributed by atoms with Gasteiger partial charge in [0.1, 0.15) is 11.4 Å². The highest BCUT2D eigenvalue weighted by Gasteiger charge is 2.17. The van der Waals surface area contributed by atoms with E-state index in [2.05, 4.69) is 74.5 Å². The molecule has 16 heavy (non-hydrogen) atoms. The highest BCUT2D eigenvalue weighted by atomic mass is 15.2. The molecule has 2 aromatic rings. The molecule has 2 aromatic carbocycles. The summed E-state index contributed by atoms with van der Waals surface area (Å²) in [6.45, 7) is 4.49. The molecule has 1 heteroatoms. The minimum absolute atomic E-state index is 0.532. The summed E-state index contributed by atoms with van der Waals surface area (Å²) in [5.41, 5.74) is 2.65. The lowest BCUT2D eigenvalue weighted by atomic mass is 10.2. The zero-order valence-corrected chi connectivity index (χ0v) is 9.85. The third-order valence-electron chi connectivity index (χ3n) is 2.75. The van der Waals surface area contributed by atoms with E-state index in [1.807, 2.05) is 0 Å². The molecule has 0 saturated heterocycles. The van der Waals surface area contributed by atoms with Crippen LogP contribution < -0.4 is 4.90 Å². The molecule has 0 aliphatic heterocycles. The second-order valence-corrected chi connectivity index (χ2v) is 4.30. The van der Waals surface area contributed by atoms with E-state index in [0.717, 1.165) is 0 Å². The van der Waals surface area contributed by atoms with Crippen molar-refractivity contribution in [3.63, 3.8) is 0 Å². The molecule has 0 amide bonds. The lowest BCUT2D eigenvalue weighted by molar-refractivity contribution is -0.786. The maximum atomic E-state index is 2.25. The normalized spacial score (nSPS) is 11.0. The second-order valence-electron chi connectivity index (χ2n) is 4.30. The number of para-hydroxylation sites is 2. The van der Waals surface area contributed by atoms with Crippen LogP contribution in [-0.4, -0.2) is 6.04 Å². The molecule has 1 N–H and O–H groups in total. The quantitative estimate of drug-likeness (QED) is 0.798. The third-order valence-corrected chi connectivity index (χ3v) is 2.75. The molecule has 0 heterocycles. The summed E-state index contributed by atoms with van der Waals surface area (Å²) in [7, 11) is 0. The van der Waals surface area contributed by atoms with Crippen LogP contribution in [0.2, 0.25) is 0 Å². The minimum atomic E-state index is 0.532. The van der Waals surface area contributed by atoms with E-state index in [0.29, 0.717) is 6.04 Å². The molecule has 82 valence electrons. The van der Waals surface area contributed by atoms with Crippen molar-refractivity contribution in [2.45, 2.75) is 19.9 Å². The fourth-order valence-electron chi connectivity index (χ4n) is 2.07. The minimum Gasteiger partial charge on any atom is -0.268 e. The summed E-state index contributed by atoms with van der Waals surface area (Å²) < 4.78 is 0. The average molecular weight is 212 g/mol. The molecule has 0 radical (unpaired) electrons. The number of rotatable bonds is 3. The first kappa shape index (κ1) is 10.9. The van der Waals surface area contributed by atoms with Gasteiger partial charge in [-0.1, -0.05) is 36.4 Å². The Hall–Kier alpha value is -1.60. The topological polar surface area (TPSA) is 4.44 Å². The van der Waals surface area contributed by atoms with Crippen LogP contribution in [0.4, 0.5) is 11.4 Å². The molecule has 0 bridgehead atoms. The van der Waals surface area contributed by atoms with Crippen molar-refractivity contribution in [3.05, 3.63) is 60.7 Å². The molecular formula is C15H18N+. The van der Waals surface area contributed by atoms with Gasteiger partial charge in [-0.2, -0.15) is 0 Å². The molecule has 0 spiro atoms. The Kier molecular flexibility index (Phi) is 3.37. The standard InChI is InChI=1S/C15H17N/c1-13(2)16(14-9-5-3-6-10-14)15-11-7-4-8-12-15/h3-13H,1-2H3/p+1. The van der Waals surface area contributed by atoms with Crippen molar-refractivity contribution in [3.8, 4) is 0 Å². The first-order valence-electron chi connectivity index (χ1n) is 5.76. The zero-order valence-electron chi connectivity index (χ0n) is 9.85. The molecule has 0 saturated carbocycles. The molecule has 0 unspecified atom stereocenters. The third kappa shape index (κ3) is 2.31. The van der Waals surface area contributed by atoms with Crippen LogP contribution in [0.5, 0.6) is 0 Å². The van der Waals surface area contributed by atoms with Gasteiger partial charge >= 0.3 is 0 Å². The summed E-state index contributed by atoms with van der Waals surface area (Å²) in [5, 5.41) is 0. The smallest absolute Gasteiger partial charge is 0.136 e. The average Bonchev–Trinajstić information content (AvgIpc) is 2.31. The van der Waals surface area contributed by atoms with Gasteiger partial charge in [-0.25, -0.2) is 0 Å². The molecule has 0 fully saturated rings. The van der Waals surface area contributed by atoms with Gasteiger partial charge in [-0.3, -0.25) is 4.90 Å². The maximum Gasteiger partial charge on any atom is 0.136 e. The van der Waals surface area contributed by atoms with E-state index in [1.165, 1.54) is 16.3 Å². The van der Waals surface area contributed by atoms with Crippen molar-refractivity contribution in [1.29, 1.82) is 0 Å². The summed E-state index contributed by atoms with van der Waals surface area (Å²) in [5.74, 6) is 0. The number of nitrogens with one attached hydrogen (secondary N) is 1. The summed E-state index contributed by atoms with van der Waals surface area (Å²) in [6.07, 6.45) is 0. The summed E-state index contributed by atoms with van der Waals surface area (Å²) in [6, 6.07) is 21.8. The molecular weight excluding hydrogens is 194 g/mol. The largest absolute Gasteiger partial charge is 0.268 e. The number of quaternary nitrogens is 1. The SMILES string of the molecule is CC(C)[NH+](c1ccccc1)c1ccccc1. The van der Waals surface area contributed by atoms with Crippen molar-refractivity contribution in [2.75, 3.05) is 0 Å². The molecule has 0 atom stereocenters. The highest BCUT2D eigenvalue weighted by Crippen LogP contribution is 2.08. The van der Waals surface area contributed by atoms with Gasteiger partial charge in [0.2, 0.25) is 0 Å². The van der Waals surface area contributed by atoms with Crippen LogP contribution in [0.15, 0.2) is 60.7 Å². The van der Waals surface area contributed by atoms with Gasteiger partial charge in [0.25, 0.3) is 0 Å². The molecule has 0 aromatic heterocycles. The summed E-state index contributed by atoms with van der Waals surface area (Å²) in [4.78, 5) is 1.42. The Morgan fingerprint density at radius 2 is 1.06 bits per heavy atom. The lowest BCUT2D eigenvalue weighted by Crippen LogP contribution is -3.05. The van der Waals surface area contributed by atoms with E-state index < -0.39 is 0 Å². The summed E-state index contributed by atoms with van der Waals surface area (Å²) >= 11 is 0. The van der Waals surface area contributed by atoms with Crippen molar-refractivity contribution in [2.24, 2.45) is 0 Å². The van der Waals surface area contributed by atoms with Gasteiger partial charge in [0.15, 0.2) is 0 Å². The number of benzene rings is 2. The van der Waals surface area contributed by atoms with Crippen molar-refractivity contribution >= 4 is 11.4 Å². The monoisotopic (exact) mass is 212 g/mol. The fourth-order valence-corrected chi connectivity index (χ4v) is 2.07. The van der Waals surface area contributed by atoms with Gasteiger partial charge < -0.3 is 0 Å².